The second-order valence-corrected chi connectivity index (χ2v) is 7.66. The number of fused-ring (bicyclic) bond motifs is 1. The summed E-state index contributed by atoms with van der Waals surface area (Å²) in [4.78, 5) is 29.0. The van der Waals surface area contributed by atoms with Gasteiger partial charge in [-0.1, -0.05) is 36.0 Å². The summed E-state index contributed by atoms with van der Waals surface area (Å²) in [6.07, 6.45) is 0. The van der Waals surface area contributed by atoms with E-state index < -0.39 is 0 Å². The first kappa shape index (κ1) is 18.3. The Morgan fingerprint density at radius 1 is 0.964 bits per heavy atom. The van der Waals surface area contributed by atoms with Crippen LogP contribution in [0.5, 0.6) is 0 Å². The summed E-state index contributed by atoms with van der Waals surface area (Å²) in [5, 5.41) is 0.819. The molecule has 0 saturated heterocycles. The predicted molar refractivity (Wildman–Crippen MR) is 112 cm³/mol. The number of imidazole rings is 1. The molecule has 7 heteroatoms. The molecule has 0 radical (unpaired) electrons. The third kappa shape index (κ3) is 3.18. The van der Waals surface area contributed by atoms with Crippen LogP contribution in [0, 0.1) is 6.92 Å². The van der Waals surface area contributed by atoms with Gasteiger partial charge in [0.25, 0.3) is 5.56 Å². The van der Waals surface area contributed by atoms with Gasteiger partial charge < -0.3 is 0 Å². The maximum atomic E-state index is 12.2. The molecule has 6 nitrogen and oxygen atoms in total. The van der Waals surface area contributed by atoms with Crippen LogP contribution in [-0.4, -0.2) is 18.7 Å². The van der Waals surface area contributed by atoms with Crippen molar-refractivity contribution in [2.75, 3.05) is 0 Å². The van der Waals surface area contributed by atoms with Crippen LogP contribution in [-0.2, 0) is 19.8 Å². The molecule has 0 aliphatic heterocycles. The van der Waals surface area contributed by atoms with Crippen LogP contribution < -0.4 is 11.2 Å². The number of para-hydroxylation sites is 2. The molecule has 142 valence electrons. The summed E-state index contributed by atoms with van der Waals surface area (Å²) in [7, 11) is 3.17. The Kier molecular flexibility index (Phi) is 4.68. The molecule has 0 atom stereocenters. The molecule has 0 unspecified atom stereocenters. The van der Waals surface area contributed by atoms with Crippen molar-refractivity contribution >= 4 is 22.8 Å². The molecular weight excluding hydrogens is 372 g/mol. The molecule has 0 aliphatic rings. The summed E-state index contributed by atoms with van der Waals surface area (Å²) >= 11 is 1.51. The van der Waals surface area contributed by atoms with Gasteiger partial charge in [0.2, 0.25) is 0 Å². The monoisotopic (exact) mass is 392 g/mol. The number of aryl methyl sites for hydroxylation is 1. The minimum Gasteiger partial charge on any atom is -0.300 e. The van der Waals surface area contributed by atoms with Crippen LogP contribution in [0.1, 0.15) is 11.3 Å². The smallest absolute Gasteiger partial charge is 0.300 e. The third-order valence-electron chi connectivity index (χ3n) is 4.76. The van der Waals surface area contributed by atoms with E-state index in [4.69, 9.17) is 4.98 Å². The fraction of sp³-hybridized carbons (Fsp3) is 0.190. The van der Waals surface area contributed by atoms with E-state index in [1.165, 1.54) is 35.0 Å². The lowest BCUT2D eigenvalue weighted by molar-refractivity contribution is 0.665. The van der Waals surface area contributed by atoms with E-state index in [0.29, 0.717) is 11.4 Å². The van der Waals surface area contributed by atoms with Crippen LogP contribution in [0.25, 0.3) is 16.7 Å². The Hall–Kier alpha value is -3.06. The van der Waals surface area contributed by atoms with Crippen LogP contribution >= 0.6 is 11.8 Å². The lowest BCUT2D eigenvalue weighted by atomic mass is 10.2. The molecule has 4 rings (SSSR count). The quantitative estimate of drug-likeness (QED) is 0.501. The number of thioether (sulfide) groups is 1. The van der Waals surface area contributed by atoms with Gasteiger partial charge in [-0.25, -0.2) is 9.78 Å². The van der Waals surface area contributed by atoms with Gasteiger partial charge in [-0.05, 0) is 36.8 Å². The number of rotatable bonds is 4. The van der Waals surface area contributed by atoms with Crippen molar-refractivity contribution in [2.45, 2.75) is 17.8 Å². The molecule has 0 spiro atoms. The highest BCUT2D eigenvalue weighted by atomic mass is 32.2. The summed E-state index contributed by atoms with van der Waals surface area (Å²) in [5.41, 5.74) is 4.18. The van der Waals surface area contributed by atoms with Crippen molar-refractivity contribution in [2.24, 2.45) is 14.1 Å². The fourth-order valence-corrected chi connectivity index (χ4v) is 4.22. The Labute approximate surface area is 166 Å². The first-order valence-electron chi connectivity index (χ1n) is 8.89. The number of hydrogen-bond donors (Lipinski definition) is 0. The highest BCUT2D eigenvalue weighted by molar-refractivity contribution is 7.98. The molecule has 28 heavy (non-hydrogen) atoms. The Balaban J connectivity index is 1.79. The Morgan fingerprint density at radius 2 is 1.75 bits per heavy atom. The van der Waals surface area contributed by atoms with Crippen molar-refractivity contribution < 1.29 is 0 Å². The summed E-state index contributed by atoms with van der Waals surface area (Å²) in [6.45, 7) is 2.06. The molecule has 2 aromatic carbocycles. The van der Waals surface area contributed by atoms with E-state index in [2.05, 4.69) is 29.7 Å². The van der Waals surface area contributed by atoms with Crippen LogP contribution in [0.4, 0.5) is 0 Å². The fourth-order valence-electron chi connectivity index (χ4n) is 3.17. The molecule has 2 heterocycles. The molecule has 0 bridgehead atoms. The van der Waals surface area contributed by atoms with Crippen molar-refractivity contribution in [3.8, 4) is 5.69 Å². The number of benzene rings is 2. The predicted octanol–water partition coefficient (Wildman–Crippen LogP) is 3.02. The average molecular weight is 392 g/mol. The van der Waals surface area contributed by atoms with Crippen molar-refractivity contribution in [3.05, 3.63) is 86.7 Å². The maximum Gasteiger partial charge on any atom is 0.330 e. The van der Waals surface area contributed by atoms with E-state index in [1.54, 1.807) is 7.05 Å². The highest BCUT2D eigenvalue weighted by Gasteiger charge is 2.14. The lowest BCUT2D eigenvalue weighted by Gasteiger charge is -2.11. The zero-order valence-corrected chi connectivity index (χ0v) is 16.7. The zero-order valence-electron chi connectivity index (χ0n) is 15.9. The molecular formula is C21H20N4O2S. The van der Waals surface area contributed by atoms with E-state index >= 15 is 0 Å². The van der Waals surface area contributed by atoms with E-state index in [0.717, 1.165) is 26.4 Å². The van der Waals surface area contributed by atoms with E-state index in [1.807, 2.05) is 30.3 Å². The first-order chi connectivity index (χ1) is 13.5. The van der Waals surface area contributed by atoms with Gasteiger partial charge in [-0.2, -0.15) is 0 Å². The molecule has 2 aromatic heterocycles. The average Bonchev–Trinajstić information content (AvgIpc) is 3.06. The second kappa shape index (κ2) is 7.16. The standard InChI is InChI=1S/C21H20N4O2S/c1-14-7-6-8-15(11-14)25-18-10-5-4-9-17(18)22-20(25)28-13-16-12-19(26)24(3)21(27)23(16)2/h4-12H,13H2,1-3H3. The summed E-state index contributed by atoms with van der Waals surface area (Å²) < 4.78 is 4.73. The van der Waals surface area contributed by atoms with E-state index in [9.17, 15) is 9.59 Å². The SMILES string of the molecule is Cc1cccc(-n2c(SCc3cc(=O)n(C)c(=O)n3C)nc3ccccc32)c1. The topological polar surface area (TPSA) is 61.8 Å². The summed E-state index contributed by atoms with van der Waals surface area (Å²) in [5.74, 6) is 0.469. The van der Waals surface area contributed by atoms with Gasteiger partial charge >= 0.3 is 5.69 Å². The first-order valence-corrected chi connectivity index (χ1v) is 9.87. The molecule has 0 amide bonds. The second-order valence-electron chi connectivity index (χ2n) is 6.72. The highest BCUT2D eigenvalue weighted by Crippen LogP contribution is 2.29. The third-order valence-corrected chi connectivity index (χ3v) is 5.74. The van der Waals surface area contributed by atoms with Gasteiger partial charge in [-0.15, -0.1) is 0 Å². The Bertz CT molecular complexity index is 1300. The van der Waals surface area contributed by atoms with Crippen LogP contribution in [0.2, 0.25) is 0 Å². The van der Waals surface area contributed by atoms with Gasteiger partial charge in [0.05, 0.1) is 11.0 Å². The van der Waals surface area contributed by atoms with Crippen LogP contribution in [0.15, 0.2) is 69.3 Å². The number of aromatic nitrogens is 4. The van der Waals surface area contributed by atoms with Crippen LogP contribution in [0.3, 0.4) is 0 Å². The van der Waals surface area contributed by atoms with Gasteiger partial charge in [0, 0.05) is 37.3 Å². The normalized spacial score (nSPS) is 11.2. The van der Waals surface area contributed by atoms with E-state index in [-0.39, 0.29) is 11.2 Å². The van der Waals surface area contributed by atoms with Crippen molar-refractivity contribution in [1.82, 2.24) is 18.7 Å². The lowest BCUT2D eigenvalue weighted by Crippen LogP contribution is -2.37. The molecule has 0 N–H and O–H groups in total. The molecule has 0 saturated carbocycles. The largest absolute Gasteiger partial charge is 0.330 e. The minimum absolute atomic E-state index is 0.300. The van der Waals surface area contributed by atoms with Gasteiger partial charge in [0.1, 0.15) is 0 Å². The van der Waals surface area contributed by atoms with Crippen molar-refractivity contribution in [3.63, 3.8) is 0 Å². The maximum absolute atomic E-state index is 12.2. The van der Waals surface area contributed by atoms with Gasteiger partial charge in [-0.3, -0.25) is 18.5 Å². The zero-order chi connectivity index (χ0) is 19.8. The Morgan fingerprint density at radius 3 is 2.54 bits per heavy atom. The summed E-state index contributed by atoms with van der Waals surface area (Å²) in [6, 6.07) is 17.8. The van der Waals surface area contributed by atoms with Gasteiger partial charge in [0.15, 0.2) is 5.16 Å². The molecule has 0 aliphatic carbocycles. The minimum atomic E-state index is -0.324. The number of hydrogen-bond acceptors (Lipinski definition) is 4. The molecule has 4 aromatic rings. The molecule has 0 fully saturated rings. The van der Waals surface area contributed by atoms with Crippen molar-refractivity contribution in [1.29, 1.82) is 0 Å². The number of nitrogens with zero attached hydrogens (tertiary/aromatic N) is 4.